The van der Waals surface area contributed by atoms with Gasteiger partial charge in [0.1, 0.15) is 5.41 Å². The molecule has 0 amide bonds. The Bertz CT molecular complexity index is 406. The van der Waals surface area contributed by atoms with Crippen molar-refractivity contribution >= 4 is 5.97 Å². The normalized spacial score (nSPS) is 14.6. The second-order valence-electron chi connectivity index (χ2n) is 5.54. The summed E-state index contributed by atoms with van der Waals surface area (Å²) in [5, 5.41) is 9.58. The van der Waals surface area contributed by atoms with Gasteiger partial charge in [-0.15, -0.1) is 0 Å². The van der Waals surface area contributed by atoms with E-state index in [0.29, 0.717) is 6.54 Å². The quantitative estimate of drug-likeness (QED) is 0.811. The van der Waals surface area contributed by atoms with E-state index in [1.54, 1.807) is 6.92 Å². The summed E-state index contributed by atoms with van der Waals surface area (Å²) in [6.45, 7) is 4.06. The van der Waals surface area contributed by atoms with Gasteiger partial charge in [-0.3, -0.25) is 4.79 Å². The smallest absolute Gasteiger partial charge is 0.315 e. The first-order valence-electron chi connectivity index (χ1n) is 6.48. The van der Waals surface area contributed by atoms with Crippen LogP contribution in [0.3, 0.4) is 0 Å². The monoisotopic (exact) mass is 264 g/mol. The van der Waals surface area contributed by atoms with Gasteiger partial charge in [-0.2, -0.15) is 0 Å². The van der Waals surface area contributed by atoms with Crippen molar-refractivity contribution in [2.24, 2.45) is 0 Å². The first kappa shape index (κ1) is 15.7. The van der Waals surface area contributed by atoms with E-state index >= 15 is 0 Å². The van der Waals surface area contributed by atoms with Crippen LogP contribution < -0.4 is 0 Å². The zero-order chi connectivity index (χ0) is 14.5. The highest BCUT2D eigenvalue weighted by Crippen LogP contribution is 2.25. The molecule has 1 unspecified atom stereocenters. The van der Waals surface area contributed by atoms with E-state index in [4.69, 9.17) is 0 Å². The molecular formula is C15H24N2O2. The lowest BCUT2D eigenvalue weighted by Crippen LogP contribution is -2.44. The summed E-state index contributed by atoms with van der Waals surface area (Å²) < 4.78 is 0. The Morgan fingerprint density at radius 1 is 1.16 bits per heavy atom. The van der Waals surface area contributed by atoms with Crippen LogP contribution in [-0.4, -0.2) is 61.7 Å². The Kier molecular flexibility index (Phi) is 5.51. The predicted molar refractivity (Wildman–Crippen MR) is 77.5 cm³/mol. The van der Waals surface area contributed by atoms with Gasteiger partial charge in [0, 0.05) is 19.6 Å². The molecule has 0 saturated heterocycles. The van der Waals surface area contributed by atoms with Crippen LogP contribution in [0.4, 0.5) is 0 Å². The number of nitrogens with zero attached hydrogens (tertiary/aromatic N) is 2. The molecule has 0 saturated carbocycles. The lowest BCUT2D eigenvalue weighted by molar-refractivity contribution is -0.143. The highest BCUT2D eigenvalue weighted by atomic mass is 16.4. The van der Waals surface area contributed by atoms with E-state index in [1.165, 1.54) is 0 Å². The molecule has 1 rings (SSSR count). The van der Waals surface area contributed by atoms with Crippen LogP contribution in [0, 0.1) is 0 Å². The molecule has 0 spiro atoms. The van der Waals surface area contributed by atoms with Gasteiger partial charge in [-0.25, -0.2) is 0 Å². The highest BCUT2D eigenvalue weighted by molar-refractivity contribution is 5.81. The standard InChI is InChI=1S/C15H24N2O2/c1-15(14(18)19,13-8-6-5-7-9-13)12-17(4)11-10-16(2)3/h5-9H,10-12H2,1-4H3,(H,18,19). The van der Waals surface area contributed by atoms with Crippen molar-refractivity contribution < 1.29 is 9.90 Å². The van der Waals surface area contributed by atoms with Crippen molar-refractivity contribution in [1.82, 2.24) is 9.80 Å². The second-order valence-corrected chi connectivity index (χ2v) is 5.54. The van der Waals surface area contributed by atoms with Crippen molar-refractivity contribution in [2.75, 3.05) is 40.8 Å². The summed E-state index contributed by atoms with van der Waals surface area (Å²) in [4.78, 5) is 15.8. The minimum Gasteiger partial charge on any atom is -0.481 e. The Balaban J connectivity index is 2.81. The number of likely N-dealkylation sites (N-methyl/N-ethyl adjacent to an activating group) is 2. The fourth-order valence-electron chi connectivity index (χ4n) is 2.08. The van der Waals surface area contributed by atoms with Gasteiger partial charge in [0.2, 0.25) is 0 Å². The average molecular weight is 264 g/mol. The third-order valence-corrected chi connectivity index (χ3v) is 3.40. The number of carbonyl (C=O) groups is 1. The fourth-order valence-corrected chi connectivity index (χ4v) is 2.08. The summed E-state index contributed by atoms with van der Waals surface area (Å²) in [7, 11) is 6.00. The number of carboxylic acids is 1. The van der Waals surface area contributed by atoms with Crippen LogP contribution in [0.5, 0.6) is 0 Å². The van der Waals surface area contributed by atoms with Crippen molar-refractivity contribution in [2.45, 2.75) is 12.3 Å². The van der Waals surface area contributed by atoms with Gasteiger partial charge in [0.05, 0.1) is 0 Å². The molecule has 4 nitrogen and oxygen atoms in total. The van der Waals surface area contributed by atoms with Crippen LogP contribution in [0.25, 0.3) is 0 Å². The van der Waals surface area contributed by atoms with Gasteiger partial charge in [0.25, 0.3) is 0 Å². The minimum atomic E-state index is -0.873. The molecule has 0 aliphatic carbocycles. The van der Waals surface area contributed by atoms with E-state index in [-0.39, 0.29) is 0 Å². The first-order valence-corrected chi connectivity index (χ1v) is 6.48. The van der Waals surface area contributed by atoms with E-state index in [1.807, 2.05) is 51.5 Å². The zero-order valence-electron chi connectivity index (χ0n) is 12.3. The number of benzene rings is 1. The molecule has 19 heavy (non-hydrogen) atoms. The second kappa shape index (κ2) is 6.68. The van der Waals surface area contributed by atoms with Gasteiger partial charge in [0.15, 0.2) is 0 Å². The van der Waals surface area contributed by atoms with E-state index in [9.17, 15) is 9.90 Å². The SMILES string of the molecule is CN(C)CCN(C)CC(C)(C(=O)O)c1ccccc1. The molecule has 1 aromatic carbocycles. The molecule has 106 valence electrons. The number of carboxylic acid groups (broad SMARTS) is 1. The summed E-state index contributed by atoms with van der Waals surface area (Å²) in [6, 6.07) is 9.44. The molecule has 0 aliphatic rings. The maximum atomic E-state index is 11.7. The van der Waals surface area contributed by atoms with E-state index < -0.39 is 11.4 Å². The zero-order valence-corrected chi connectivity index (χ0v) is 12.3. The summed E-state index contributed by atoms with van der Waals surface area (Å²) in [5.74, 6) is -0.782. The molecule has 0 aliphatic heterocycles. The van der Waals surface area contributed by atoms with Gasteiger partial charge in [-0.05, 0) is 33.6 Å². The number of rotatable bonds is 7. The molecule has 4 heteroatoms. The van der Waals surface area contributed by atoms with E-state index in [2.05, 4.69) is 9.80 Å². The van der Waals surface area contributed by atoms with Crippen LogP contribution in [0.1, 0.15) is 12.5 Å². The van der Waals surface area contributed by atoms with Gasteiger partial charge < -0.3 is 14.9 Å². The summed E-state index contributed by atoms with van der Waals surface area (Å²) >= 11 is 0. The van der Waals surface area contributed by atoms with Gasteiger partial charge in [-0.1, -0.05) is 30.3 Å². The average Bonchev–Trinajstić information content (AvgIpc) is 2.37. The Morgan fingerprint density at radius 2 is 1.74 bits per heavy atom. The molecule has 0 fully saturated rings. The fraction of sp³-hybridized carbons (Fsp3) is 0.533. The molecule has 0 bridgehead atoms. The topological polar surface area (TPSA) is 43.8 Å². The van der Waals surface area contributed by atoms with Crippen molar-refractivity contribution in [1.29, 1.82) is 0 Å². The maximum absolute atomic E-state index is 11.7. The molecule has 1 aromatic rings. The van der Waals surface area contributed by atoms with Crippen LogP contribution in [0.2, 0.25) is 0 Å². The molecule has 1 N–H and O–H groups in total. The molecular weight excluding hydrogens is 240 g/mol. The van der Waals surface area contributed by atoms with Crippen molar-refractivity contribution in [3.63, 3.8) is 0 Å². The Hall–Kier alpha value is -1.39. The van der Waals surface area contributed by atoms with Crippen molar-refractivity contribution in [3.05, 3.63) is 35.9 Å². The number of hydrogen-bond donors (Lipinski definition) is 1. The van der Waals surface area contributed by atoms with Crippen LogP contribution >= 0.6 is 0 Å². The van der Waals surface area contributed by atoms with Crippen molar-refractivity contribution in [3.8, 4) is 0 Å². The lowest BCUT2D eigenvalue weighted by atomic mass is 9.82. The largest absolute Gasteiger partial charge is 0.481 e. The summed E-state index contributed by atoms with van der Waals surface area (Å²) in [5.41, 5.74) is -0.0262. The Morgan fingerprint density at radius 3 is 2.21 bits per heavy atom. The first-order chi connectivity index (χ1) is 8.86. The van der Waals surface area contributed by atoms with Gasteiger partial charge >= 0.3 is 5.97 Å². The molecule has 0 aromatic heterocycles. The van der Waals surface area contributed by atoms with Crippen LogP contribution in [0.15, 0.2) is 30.3 Å². The van der Waals surface area contributed by atoms with Crippen LogP contribution in [-0.2, 0) is 10.2 Å². The third kappa shape index (κ3) is 4.33. The maximum Gasteiger partial charge on any atom is 0.315 e. The molecule has 0 radical (unpaired) electrons. The number of aliphatic carboxylic acids is 1. The lowest BCUT2D eigenvalue weighted by Gasteiger charge is -2.31. The predicted octanol–water partition coefficient (Wildman–Crippen LogP) is 1.52. The Labute approximate surface area is 115 Å². The summed E-state index contributed by atoms with van der Waals surface area (Å²) in [6.07, 6.45) is 0. The molecule has 1 atom stereocenters. The number of hydrogen-bond acceptors (Lipinski definition) is 3. The highest BCUT2D eigenvalue weighted by Gasteiger charge is 2.36. The third-order valence-electron chi connectivity index (χ3n) is 3.40. The molecule has 0 heterocycles. The minimum absolute atomic E-state index is 0.500. The van der Waals surface area contributed by atoms with E-state index in [0.717, 1.165) is 18.7 Å².